The highest BCUT2D eigenvalue weighted by Crippen LogP contribution is 2.44. The monoisotopic (exact) mass is 673 g/mol. The molecule has 0 bridgehead atoms. The van der Waals surface area contributed by atoms with Crippen molar-refractivity contribution in [2.75, 3.05) is 0 Å². The number of benzene rings is 7. The third kappa shape index (κ3) is 5.18. The minimum absolute atomic E-state index is 0.512. The first kappa shape index (κ1) is 27.4. The van der Waals surface area contributed by atoms with Gasteiger partial charge in [0.1, 0.15) is 12.3 Å². The fourth-order valence-corrected chi connectivity index (χ4v) is 8.17. The SMILES string of the molecule is [2H]C1([2H])Oc2ccccc2-c2c(-c3ccc(-c4nc(-c5ccc(-c6ccccc6)cc5)nc(-c5cccc6c5sc5ccccc56)n4)cc3)cccc21. The van der Waals surface area contributed by atoms with Gasteiger partial charge < -0.3 is 4.74 Å². The molecule has 0 aliphatic carbocycles. The first-order chi connectivity index (χ1) is 26.0. The topological polar surface area (TPSA) is 47.9 Å². The van der Waals surface area contributed by atoms with E-state index >= 15 is 0 Å². The van der Waals surface area contributed by atoms with Crippen molar-refractivity contribution in [2.45, 2.75) is 6.56 Å². The van der Waals surface area contributed by atoms with E-state index in [9.17, 15) is 0 Å². The van der Waals surface area contributed by atoms with Crippen LogP contribution in [0.1, 0.15) is 8.30 Å². The van der Waals surface area contributed by atoms with E-state index < -0.39 is 6.56 Å². The zero-order chi connectivity index (χ0) is 35.5. The molecule has 10 rings (SSSR count). The highest BCUT2D eigenvalue weighted by molar-refractivity contribution is 7.26. The molecule has 4 nitrogen and oxygen atoms in total. The van der Waals surface area contributed by atoms with Crippen molar-refractivity contribution in [1.29, 1.82) is 0 Å². The second-order valence-corrected chi connectivity index (χ2v) is 13.6. The number of hydrogen-bond acceptors (Lipinski definition) is 5. The normalized spacial score (nSPS) is 13.6. The number of fused-ring (bicyclic) bond motifs is 6. The second kappa shape index (κ2) is 12.2. The van der Waals surface area contributed by atoms with Gasteiger partial charge in [-0.3, -0.25) is 0 Å². The van der Waals surface area contributed by atoms with Crippen LogP contribution < -0.4 is 4.74 Å². The van der Waals surface area contributed by atoms with E-state index in [1.807, 2.05) is 66.7 Å². The Hall–Kier alpha value is -6.43. The quantitative estimate of drug-likeness (QED) is 0.182. The fourth-order valence-electron chi connectivity index (χ4n) is 6.96. The lowest BCUT2D eigenvalue weighted by molar-refractivity contribution is 0.302. The van der Waals surface area contributed by atoms with E-state index in [0.717, 1.165) is 54.8 Å². The van der Waals surface area contributed by atoms with Gasteiger partial charge in [0.2, 0.25) is 0 Å². The van der Waals surface area contributed by atoms with Crippen LogP contribution in [0.4, 0.5) is 0 Å². The van der Waals surface area contributed by atoms with E-state index in [4.69, 9.17) is 22.4 Å². The number of aromatic nitrogens is 3. The molecule has 0 unspecified atom stereocenters. The molecule has 5 heteroatoms. The smallest absolute Gasteiger partial charge is 0.165 e. The molecule has 9 aromatic rings. The number of thiophene rings is 1. The van der Waals surface area contributed by atoms with Crippen LogP contribution in [0.15, 0.2) is 164 Å². The lowest BCUT2D eigenvalue weighted by atomic mass is 9.89. The molecule has 0 saturated heterocycles. The summed E-state index contributed by atoms with van der Waals surface area (Å²) in [7, 11) is 0. The third-order valence-corrected chi connectivity index (χ3v) is 10.7. The Labute approximate surface area is 302 Å². The van der Waals surface area contributed by atoms with Crippen LogP contribution in [0.5, 0.6) is 5.75 Å². The molecule has 51 heavy (non-hydrogen) atoms. The van der Waals surface area contributed by atoms with Crippen molar-refractivity contribution in [2.24, 2.45) is 0 Å². The summed E-state index contributed by atoms with van der Waals surface area (Å²) in [5.41, 5.74) is 9.12. The maximum absolute atomic E-state index is 8.69. The van der Waals surface area contributed by atoms with E-state index in [2.05, 4.69) is 91.0 Å². The molecule has 0 atom stereocenters. The van der Waals surface area contributed by atoms with Crippen molar-refractivity contribution >= 4 is 31.5 Å². The molecule has 0 N–H and O–H groups in total. The van der Waals surface area contributed by atoms with E-state index in [0.29, 0.717) is 28.8 Å². The fraction of sp³-hybridized carbons (Fsp3) is 0.0217. The Morgan fingerprint density at radius 3 is 1.82 bits per heavy atom. The largest absolute Gasteiger partial charge is 0.488 e. The van der Waals surface area contributed by atoms with Crippen LogP contribution in [0.2, 0.25) is 0 Å². The van der Waals surface area contributed by atoms with Crippen LogP contribution in [-0.4, -0.2) is 15.0 Å². The number of hydrogen-bond donors (Lipinski definition) is 0. The number of para-hydroxylation sites is 1. The van der Waals surface area contributed by atoms with Gasteiger partial charge in [0.15, 0.2) is 17.5 Å². The van der Waals surface area contributed by atoms with Gasteiger partial charge >= 0.3 is 0 Å². The van der Waals surface area contributed by atoms with Crippen LogP contribution in [0.25, 0.3) is 87.7 Å². The van der Waals surface area contributed by atoms with Crippen LogP contribution in [0, 0.1) is 0 Å². The Morgan fingerprint density at radius 1 is 0.451 bits per heavy atom. The molecule has 7 aromatic carbocycles. The summed E-state index contributed by atoms with van der Waals surface area (Å²) < 4.78 is 25.5. The van der Waals surface area contributed by atoms with E-state index in [1.54, 1.807) is 17.4 Å². The molecular weight excluding hydrogens is 643 g/mol. The summed E-state index contributed by atoms with van der Waals surface area (Å²) in [6.07, 6.45) is 0. The average molecular weight is 674 g/mol. The van der Waals surface area contributed by atoms with Gasteiger partial charge in [-0.25, -0.2) is 15.0 Å². The zero-order valence-corrected chi connectivity index (χ0v) is 28.1. The predicted molar refractivity (Wildman–Crippen MR) is 210 cm³/mol. The second-order valence-electron chi connectivity index (χ2n) is 12.5. The molecule has 1 aliphatic rings. The zero-order valence-electron chi connectivity index (χ0n) is 29.2. The van der Waals surface area contributed by atoms with Crippen molar-refractivity contribution in [1.82, 2.24) is 15.0 Å². The molecule has 0 spiro atoms. The first-order valence-corrected chi connectivity index (χ1v) is 17.7. The molecule has 3 heterocycles. The van der Waals surface area contributed by atoms with Gasteiger partial charge in [0.05, 0.1) is 2.74 Å². The standard InChI is InChI=1S/C46H29N3OS/c1-2-10-29(11-3-1)30-20-24-32(25-21-30)44-47-45(49-46(48-44)39-17-9-16-37-36-13-5-7-19-41(36)51-43(37)39)33-26-22-31(23-27-33)35-15-8-12-34-28-50-40-18-6-4-14-38(40)42(34)35/h1-27H,28H2/i28D2. The third-order valence-electron chi connectivity index (χ3n) is 9.48. The minimum atomic E-state index is -1.95. The molecule has 0 radical (unpaired) electrons. The molecular formula is C46H29N3OS. The van der Waals surface area contributed by atoms with Gasteiger partial charge in [-0.15, -0.1) is 11.3 Å². The van der Waals surface area contributed by atoms with E-state index in [1.165, 1.54) is 15.5 Å². The van der Waals surface area contributed by atoms with Crippen LogP contribution in [0.3, 0.4) is 0 Å². The summed E-state index contributed by atoms with van der Waals surface area (Å²) in [4.78, 5) is 15.3. The van der Waals surface area contributed by atoms with Gasteiger partial charge in [0.25, 0.3) is 0 Å². The summed E-state index contributed by atoms with van der Waals surface area (Å²) in [6.45, 7) is -1.95. The van der Waals surface area contributed by atoms with E-state index in [-0.39, 0.29) is 0 Å². The minimum Gasteiger partial charge on any atom is -0.488 e. The maximum atomic E-state index is 8.69. The molecule has 1 aliphatic heterocycles. The summed E-state index contributed by atoms with van der Waals surface area (Å²) in [5, 5.41) is 2.41. The highest BCUT2D eigenvalue weighted by Gasteiger charge is 2.21. The van der Waals surface area contributed by atoms with Crippen molar-refractivity contribution < 1.29 is 7.48 Å². The number of rotatable bonds is 5. The Bertz CT molecular complexity index is 2830. The van der Waals surface area contributed by atoms with Crippen molar-refractivity contribution in [3.8, 4) is 73.3 Å². The molecule has 0 amide bonds. The Morgan fingerprint density at radius 2 is 1.02 bits per heavy atom. The Kier molecular flexibility index (Phi) is 6.53. The lowest BCUT2D eigenvalue weighted by Crippen LogP contribution is -2.06. The van der Waals surface area contributed by atoms with Crippen LogP contribution in [-0.2, 0) is 6.56 Å². The van der Waals surface area contributed by atoms with Gasteiger partial charge in [0, 0.05) is 42.4 Å². The summed E-state index contributed by atoms with van der Waals surface area (Å²) in [5.74, 6) is 2.33. The predicted octanol–water partition coefficient (Wildman–Crippen LogP) is 12.1. The number of nitrogens with zero attached hydrogens (tertiary/aromatic N) is 3. The van der Waals surface area contributed by atoms with Crippen molar-refractivity contribution in [3.05, 3.63) is 169 Å². The van der Waals surface area contributed by atoms with Gasteiger partial charge in [-0.2, -0.15) is 0 Å². The van der Waals surface area contributed by atoms with Crippen molar-refractivity contribution in [3.63, 3.8) is 0 Å². The maximum Gasteiger partial charge on any atom is 0.165 e. The molecule has 0 saturated carbocycles. The Balaban J connectivity index is 1.11. The van der Waals surface area contributed by atoms with Gasteiger partial charge in [-0.1, -0.05) is 146 Å². The average Bonchev–Trinajstić information content (AvgIpc) is 3.60. The van der Waals surface area contributed by atoms with Gasteiger partial charge in [-0.05, 0) is 51.6 Å². The molecule has 2 aromatic heterocycles. The molecule has 0 fully saturated rings. The lowest BCUT2D eigenvalue weighted by Gasteiger charge is -2.23. The number of ether oxygens (including phenoxy) is 1. The highest BCUT2D eigenvalue weighted by atomic mass is 32.1. The summed E-state index contributed by atoms with van der Waals surface area (Å²) in [6, 6.07) is 55.1. The first-order valence-electron chi connectivity index (χ1n) is 17.9. The summed E-state index contributed by atoms with van der Waals surface area (Å²) >= 11 is 1.76. The molecule has 240 valence electrons. The van der Waals surface area contributed by atoms with Crippen LogP contribution >= 0.6 is 11.3 Å².